The summed E-state index contributed by atoms with van der Waals surface area (Å²) in [5, 5.41) is 10.6. The molecule has 0 radical (unpaired) electrons. The molecule has 7 atom stereocenters. The molecule has 0 rings (SSSR count). The van der Waals surface area contributed by atoms with Crippen LogP contribution in [0.3, 0.4) is 0 Å². The largest absolute Gasteiger partial charge is 0.472 e. The number of rotatable bonds is 71. The number of phosphoric ester groups is 2. The zero-order valence-electron chi connectivity index (χ0n) is 60.9. The van der Waals surface area contributed by atoms with Crippen LogP contribution in [0.25, 0.3) is 0 Å². The zero-order valence-corrected chi connectivity index (χ0v) is 62.7. The monoisotopic (exact) mass is 1370 g/mol. The first-order valence-corrected chi connectivity index (χ1v) is 41.3. The lowest BCUT2D eigenvalue weighted by molar-refractivity contribution is -0.161. The molecular formula is C74H144O17P2. The molecule has 0 amide bonds. The van der Waals surface area contributed by atoms with E-state index in [9.17, 15) is 43.2 Å². The molecule has 552 valence electrons. The molecule has 0 aromatic carbocycles. The molecule has 0 saturated carbocycles. The minimum Gasteiger partial charge on any atom is -0.462 e. The average molecular weight is 1370 g/mol. The van der Waals surface area contributed by atoms with Crippen molar-refractivity contribution < 1.29 is 80.2 Å². The molecular weight excluding hydrogens is 1220 g/mol. The summed E-state index contributed by atoms with van der Waals surface area (Å²) >= 11 is 0. The summed E-state index contributed by atoms with van der Waals surface area (Å²) in [5.74, 6) is 0.927. The highest BCUT2D eigenvalue weighted by molar-refractivity contribution is 7.47. The van der Waals surface area contributed by atoms with Crippen LogP contribution >= 0.6 is 15.6 Å². The third kappa shape index (κ3) is 65.8. The van der Waals surface area contributed by atoms with Crippen molar-refractivity contribution in [1.29, 1.82) is 0 Å². The number of phosphoric acid groups is 2. The van der Waals surface area contributed by atoms with Gasteiger partial charge in [0.05, 0.1) is 26.4 Å². The van der Waals surface area contributed by atoms with Crippen LogP contribution in [-0.4, -0.2) is 96.7 Å². The van der Waals surface area contributed by atoms with Gasteiger partial charge in [-0.15, -0.1) is 0 Å². The predicted octanol–water partition coefficient (Wildman–Crippen LogP) is 21.3. The molecule has 4 unspecified atom stereocenters. The van der Waals surface area contributed by atoms with Crippen molar-refractivity contribution in [2.75, 3.05) is 39.6 Å². The van der Waals surface area contributed by atoms with Crippen LogP contribution in [0.15, 0.2) is 0 Å². The first kappa shape index (κ1) is 91.1. The molecule has 0 fully saturated rings. The maximum absolute atomic E-state index is 13.1. The summed E-state index contributed by atoms with van der Waals surface area (Å²) in [6, 6.07) is 0. The smallest absolute Gasteiger partial charge is 0.462 e. The number of hydrogen-bond acceptors (Lipinski definition) is 15. The Labute approximate surface area is 568 Å². The lowest BCUT2D eigenvalue weighted by atomic mass is 9.99. The van der Waals surface area contributed by atoms with E-state index in [2.05, 4.69) is 55.4 Å². The Balaban J connectivity index is 5.24. The Hall–Kier alpha value is -1.94. The quantitative estimate of drug-likeness (QED) is 0.0222. The van der Waals surface area contributed by atoms with Gasteiger partial charge >= 0.3 is 39.5 Å². The molecule has 0 bridgehead atoms. The summed E-state index contributed by atoms with van der Waals surface area (Å²) < 4.78 is 68.4. The molecule has 0 saturated heterocycles. The number of unbranched alkanes of at least 4 members (excludes halogenated alkanes) is 35. The van der Waals surface area contributed by atoms with E-state index >= 15 is 0 Å². The van der Waals surface area contributed by atoms with Crippen LogP contribution in [0.1, 0.15) is 370 Å². The van der Waals surface area contributed by atoms with Crippen molar-refractivity contribution in [3.63, 3.8) is 0 Å². The second-order valence-electron chi connectivity index (χ2n) is 28.1. The van der Waals surface area contributed by atoms with Crippen molar-refractivity contribution in [3.8, 4) is 0 Å². The van der Waals surface area contributed by atoms with E-state index < -0.39 is 97.5 Å². The van der Waals surface area contributed by atoms with Gasteiger partial charge in [0.1, 0.15) is 19.3 Å². The number of ether oxygens (including phenoxy) is 4. The fourth-order valence-corrected chi connectivity index (χ4v) is 12.7. The molecule has 0 aliphatic rings. The Morgan fingerprint density at radius 1 is 0.301 bits per heavy atom. The van der Waals surface area contributed by atoms with Gasteiger partial charge in [-0.25, -0.2) is 9.13 Å². The zero-order chi connectivity index (χ0) is 68.9. The third-order valence-corrected chi connectivity index (χ3v) is 19.7. The van der Waals surface area contributed by atoms with Crippen molar-refractivity contribution in [1.82, 2.24) is 0 Å². The Bertz CT molecular complexity index is 1840. The lowest BCUT2D eigenvalue weighted by Crippen LogP contribution is -2.30. The molecule has 3 N–H and O–H groups in total. The van der Waals surface area contributed by atoms with Gasteiger partial charge in [0.25, 0.3) is 0 Å². The summed E-state index contributed by atoms with van der Waals surface area (Å²) in [4.78, 5) is 72.7. The highest BCUT2D eigenvalue weighted by Gasteiger charge is 2.30. The topological polar surface area (TPSA) is 237 Å². The summed E-state index contributed by atoms with van der Waals surface area (Å²) in [6.07, 6.45) is 47.2. The second kappa shape index (κ2) is 63.5. The minimum atomic E-state index is -4.96. The van der Waals surface area contributed by atoms with E-state index in [-0.39, 0.29) is 25.7 Å². The van der Waals surface area contributed by atoms with Crippen molar-refractivity contribution in [2.45, 2.75) is 388 Å². The normalized spacial score (nSPS) is 14.8. The van der Waals surface area contributed by atoms with Crippen molar-refractivity contribution in [2.24, 2.45) is 23.7 Å². The van der Waals surface area contributed by atoms with Gasteiger partial charge < -0.3 is 33.8 Å². The highest BCUT2D eigenvalue weighted by atomic mass is 31.2. The van der Waals surface area contributed by atoms with Crippen molar-refractivity contribution in [3.05, 3.63) is 0 Å². The standard InChI is InChI=1S/C74H144O17P2/c1-9-66(7)52-44-36-28-24-25-31-41-49-57-74(79)91-70(61-85-72(77)55-47-39-33-32-37-45-53-67(8)10-2)63-89-93(82,83)87-59-68(75)58-86-92(80,81)88-62-69(60-84-71(76)54-46-38-29-23-19-21-27-35-43-51-65(5)6)90-73(78)56-48-40-30-22-18-16-14-12-11-13-15-17-20-26-34-42-50-64(3)4/h64-70,75H,9-63H2,1-8H3,(H,80,81)(H,82,83)/t66?,67?,68-,69-,70-/m1/s1. The van der Waals surface area contributed by atoms with E-state index in [0.29, 0.717) is 25.7 Å². The Morgan fingerprint density at radius 3 is 0.763 bits per heavy atom. The maximum Gasteiger partial charge on any atom is 0.472 e. The van der Waals surface area contributed by atoms with Gasteiger partial charge in [-0.05, 0) is 49.4 Å². The van der Waals surface area contributed by atoms with Gasteiger partial charge in [0.2, 0.25) is 0 Å². The Morgan fingerprint density at radius 2 is 0.516 bits per heavy atom. The molecule has 0 aromatic rings. The maximum atomic E-state index is 13.1. The average Bonchev–Trinajstić information content (AvgIpc) is 1.98. The molecule has 0 spiro atoms. The highest BCUT2D eigenvalue weighted by Crippen LogP contribution is 2.45. The molecule has 0 aliphatic carbocycles. The first-order chi connectivity index (χ1) is 44.7. The van der Waals surface area contributed by atoms with E-state index in [1.807, 2.05) is 0 Å². The molecule has 0 aliphatic heterocycles. The van der Waals surface area contributed by atoms with Crippen LogP contribution < -0.4 is 0 Å². The van der Waals surface area contributed by atoms with E-state index in [1.54, 1.807) is 0 Å². The number of aliphatic hydroxyl groups is 1. The fourth-order valence-electron chi connectivity index (χ4n) is 11.1. The summed E-state index contributed by atoms with van der Waals surface area (Å²) in [7, 11) is -9.91. The van der Waals surface area contributed by atoms with Crippen LogP contribution in [0.2, 0.25) is 0 Å². The predicted molar refractivity (Wildman–Crippen MR) is 377 cm³/mol. The SMILES string of the molecule is CCC(C)CCCCCCCCCCC(=O)O[C@H](COC(=O)CCCCCCCCC(C)CC)COP(=O)(O)OC[C@H](O)COP(=O)(O)OC[C@@H](COC(=O)CCCCCCCCCCCC(C)C)OC(=O)CCCCCCCCCCCCCCCCCCC(C)C. The second-order valence-corrected chi connectivity index (χ2v) is 31.0. The number of aliphatic hydroxyl groups excluding tert-OH is 1. The van der Waals surface area contributed by atoms with Crippen molar-refractivity contribution >= 4 is 39.5 Å². The number of hydrogen-bond donors (Lipinski definition) is 3. The van der Waals surface area contributed by atoms with E-state index in [0.717, 1.165) is 120 Å². The van der Waals surface area contributed by atoms with Crippen LogP contribution in [0.4, 0.5) is 0 Å². The molecule has 93 heavy (non-hydrogen) atoms. The van der Waals surface area contributed by atoms with Gasteiger partial charge in [0, 0.05) is 25.7 Å². The number of carbonyl (C=O) groups excluding carboxylic acids is 4. The Kier molecular flexibility index (Phi) is 62.2. The van der Waals surface area contributed by atoms with Gasteiger partial charge in [-0.3, -0.25) is 37.3 Å². The number of carbonyl (C=O) groups is 4. The molecule has 17 nitrogen and oxygen atoms in total. The van der Waals surface area contributed by atoms with Crippen LogP contribution in [-0.2, 0) is 65.4 Å². The lowest BCUT2D eigenvalue weighted by Gasteiger charge is -2.21. The molecule has 19 heteroatoms. The molecule has 0 heterocycles. The first-order valence-electron chi connectivity index (χ1n) is 38.3. The van der Waals surface area contributed by atoms with E-state index in [4.69, 9.17) is 37.0 Å². The van der Waals surface area contributed by atoms with Crippen LogP contribution in [0.5, 0.6) is 0 Å². The van der Waals surface area contributed by atoms with Gasteiger partial charge in [-0.2, -0.15) is 0 Å². The van der Waals surface area contributed by atoms with Gasteiger partial charge in [-0.1, -0.05) is 319 Å². The third-order valence-electron chi connectivity index (χ3n) is 17.8. The summed E-state index contributed by atoms with van der Waals surface area (Å²) in [5.41, 5.74) is 0. The van der Waals surface area contributed by atoms with Gasteiger partial charge in [0.15, 0.2) is 12.2 Å². The van der Waals surface area contributed by atoms with E-state index in [1.165, 1.54) is 167 Å². The minimum absolute atomic E-state index is 0.104. The summed E-state index contributed by atoms with van der Waals surface area (Å²) in [6.45, 7) is 14.1. The number of esters is 4. The fraction of sp³-hybridized carbons (Fsp3) is 0.946. The molecule has 0 aromatic heterocycles. The van der Waals surface area contributed by atoms with Crippen LogP contribution in [0, 0.1) is 23.7 Å².